The van der Waals surface area contributed by atoms with Gasteiger partial charge in [0.2, 0.25) is 5.91 Å². The number of alkyl halides is 2. The second kappa shape index (κ2) is 6.10. The lowest BCUT2D eigenvalue weighted by Crippen LogP contribution is -2.45. The lowest BCUT2D eigenvalue weighted by atomic mass is 10.1. The summed E-state index contributed by atoms with van der Waals surface area (Å²) in [6.45, 7) is 1.27. The van der Waals surface area contributed by atoms with Crippen LogP contribution in [0.2, 0.25) is 0 Å². The maximum absolute atomic E-state index is 12.1. The van der Waals surface area contributed by atoms with Gasteiger partial charge in [-0.05, 0) is 12.8 Å². The summed E-state index contributed by atoms with van der Waals surface area (Å²) in [4.78, 5) is 14.6. The van der Waals surface area contributed by atoms with E-state index < -0.39 is 13.0 Å². The lowest BCUT2D eigenvalue weighted by Gasteiger charge is -2.30. The Morgan fingerprint density at radius 2 is 2.06 bits per heavy atom. The first-order valence-electron chi connectivity index (χ1n) is 5.49. The molecule has 0 aromatic heterocycles. The quantitative estimate of drug-likeness (QED) is 0.753. The number of rotatable bonds is 4. The molecule has 94 valence electrons. The molecule has 1 saturated heterocycles. The van der Waals surface area contributed by atoms with E-state index in [0.29, 0.717) is 0 Å². The molecule has 1 aliphatic rings. The Kier molecular flexibility index (Phi) is 5.08. The number of hydrogen-bond donors (Lipinski definition) is 1. The van der Waals surface area contributed by atoms with E-state index in [4.69, 9.17) is 5.73 Å². The molecular formula is C10H19F2N3O. The number of carbonyl (C=O) groups is 1. The topological polar surface area (TPSA) is 49.6 Å². The molecule has 1 rings (SSSR count). The van der Waals surface area contributed by atoms with Crippen molar-refractivity contribution in [3.8, 4) is 0 Å². The molecule has 4 nitrogen and oxygen atoms in total. The van der Waals surface area contributed by atoms with Crippen LogP contribution in [-0.4, -0.2) is 61.4 Å². The van der Waals surface area contributed by atoms with Crippen molar-refractivity contribution in [1.29, 1.82) is 0 Å². The molecule has 1 amide bonds. The fraction of sp³-hybridized carbons (Fsp3) is 0.900. The first-order chi connectivity index (χ1) is 7.49. The Hall–Kier alpha value is -0.750. The number of hydrogen-bond acceptors (Lipinski definition) is 3. The Morgan fingerprint density at radius 3 is 2.56 bits per heavy atom. The van der Waals surface area contributed by atoms with Gasteiger partial charge in [-0.3, -0.25) is 9.69 Å². The van der Waals surface area contributed by atoms with Crippen LogP contribution in [0.3, 0.4) is 0 Å². The molecule has 0 aromatic rings. The average Bonchev–Trinajstić information content (AvgIpc) is 2.20. The second-order valence-corrected chi connectivity index (χ2v) is 4.28. The van der Waals surface area contributed by atoms with Crippen molar-refractivity contribution in [3.05, 3.63) is 0 Å². The zero-order chi connectivity index (χ0) is 12.1. The minimum Gasteiger partial charge on any atom is -0.339 e. The zero-order valence-corrected chi connectivity index (χ0v) is 9.53. The molecule has 1 fully saturated rings. The van der Waals surface area contributed by atoms with Crippen LogP contribution in [0.1, 0.15) is 12.8 Å². The Morgan fingerprint density at radius 1 is 1.50 bits per heavy atom. The van der Waals surface area contributed by atoms with Gasteiger partial charge in [-0.1, -0.05) is 0 Å². The fourth-order valence-electron chi connectivity index (χ4n) is 1.73. The number of nitrogens with zero attached hydrogens (tertiary/aromatic N) is 2. The summed E-state index contributed by atoms with van der Waals surface area (Å²) in [5, 5.41) is 0. The number of halogens is 2. The standard InChI is InChI=1S/C10H19F2N3O/c1-14(6-9(11)12)10(16)7-15-4-2-8(13)3-5-15/h8-9H,2-7,13H2,1H3. The number of likely N-dealkylation sites (N-methyl/N-ethyl adjacent to an activating group) is 1. The van der Waals surface area contributed by atoms with E-state index in [1.54, 1.807) is 0 Å². The molecule has 0 radical (unpaired) electrons. The van der Waals surface area contributed by atoms with Gasteiger partial charge in [0.05, 0.1) is 13.1 Å². The van der Waals surface area contributed by atoms with E-state index in [-0.39, 0.29) is 18.5 Å². The van der Waals surface area contributed by atoms with Crippen LogP contribution in [-0.2, 0) is 4.79 Å². The largest absolute Gasteiger partial charge is 0.339 e. The molecule has 16 heavy (non-hydrogen) atoms. The number of likely N-dealkylation sites (tertiary alicyclic amines) is 1. The van der Waals surface area contributed by atoms with Gasteiger partial charge in [0, 0.05) is 26.2 Å². The van der Waals surface area contributed by atoms with Crippen LogP contribution in [0.5, 0.6) is 0 Å². The summed E-state index contributed by atoms with van der Waals surface area (Å²) in [6.07, 6.45) is -0.735. The number of nitrogens with two attached hydrogens (primary N) is 1. The van der Waals surface area contributed by atoms with Crippen molar-refractivity contribution < 1.29 is 13.6 Å². The molecule has 2 N–H and O–H groups in total. The highest BCUT2D eigenvalue weighted by Crippen LogP contribution is 2.08. The first kappa shape index (κ1) is 13.3. The van der Waals surface area contributed by atoms with Crippen LogP contribution in [0, 0.1) is 0 Å². The van der Waals surface area contributed by atoms with Crippen molar-refractivity contribution in [2.75, 3.05) is 33.2 Å². The SMILES string of the molecule is CN(CC(F)F)C(=O)CN1CCC(N)CC1. The molecule has 1 heterocycles. The summed E-state index contributed by atoms with van der Waals surface area (Å²) in [7, 11) is 1.41. The van der Waals surface area contributed by atoms with E-state index in [1.165, 1.54) is 7.05 Å². The van der Waals surface area contributed by atoms with Crippen LogP contribution in [0.25, 0.3) is 0 Å². The van der Waals surface area contributed by atoms with Crippen LogP contribution in [0.15, 0.2) is 0 Å². The highest BCUT2D eigenvalue weighted by molar-refractivity contribution is 5.78. The normalized spacial score (nSPS) is 19.1. The average molecular weight is 235 g/mol. The third-order valence-corrected chi connectivity index (χ3v) is 2.83. The monoisotopic (exact) mass is 235 g/mol. The smallest absolute Gasteiger partial charge is 0.255 e. The van der Waals surface area contributed by atoms with Crippen LogP contribution in [0.4, 0.5) is 8.78 Å². The third-order valence-electron chi connectivity index (χ3n) is 2.83. The van der Waals surface area contributed by atoms with Crippen LogP contribution >= 0.6 is 0 Å². The summed E-state index contributed by atoms with van der Waals surface area (Å²) in [5.74, 6) is -0.254. The van der Waals surface area contributed by atoms with Gasteiger partial charge in [0.15, 0.2) is 0 Å². The predicted molar refractivity (Wildman–Crippen MR) is 57.3 cm³/mol. The van der Waals surface area contributed by atoms with Crippen LogP contribution < -0.4 is 5.73 Å². The molecule has 0 aromatic carbocycles. The summed E-state index contributed by atoms with van der Waals surface area (Å²) < 4.78 is 24.1. The van der Waals surface area contributed by atoms with E-state index in [0.717, 1.165) is 30.8 Å². The molecule has 0 atom stereocenters. The Bertz CT molecular complexity index is 230. The molecule has 0 aliphatic carbocycles. The van der Waals surface area contributed by atoms with Gasteiger partial charge >= 0.3 is 0 Å². The Balaban J connectivity index is 2.28. The second-order valence-electron chi connectivity index (χ2n) is 4.28. The summed E-state index contributed by atoms with van der Waals surface area (Å²) in [5.41, 5.74) is 5.73. The van der Waals surface area contributed by atoms with Crippen molar-refractivity contribution in [3.63, 3.8) is 0 Å². The molecule has 0 unspecified atom stereocenters. The highest BCUT2D eigenvalue weighted by Gasteiger charge is 2.20. The van der Waals surface area contributed by atoms with Gasteiger partial charge in [0.25, 0.3) is 6.43 Å². The highest BCUT2D eigenvalue weighted by atomic mass is 19.3. The van der Waals surface area contributed by atoms with Gasteiger partial charge < -0.3 is 10.6 Å². The fourth-order valence-corrected chi connectivity index (χ4v) is 1.73. The minimum absolute atomic E-state index is 0.213. The van der Waals surface area contributed by atoms with Crippen molar-refractivity contribution in [1.82, 2.24) is 9.80 Å². The number of carbonyl (C=O) groups excluding carboxylic acids is 1. The minimum atomic E-state index is -2.47. The van der Waals surface area contributed by atoms with Gasteiger partial charge in [0.1, 0.15) is 0 Å². The summed E-state index contributed by atoms with van der Waals surface area (Å²) in [6, 6.07) is 0.213. The molecule has 0 spiro atoms. The third kappa shape index (κ3) is 4.40. The van der Waals surface area contributed by atoms with Gasteiger partial charge in [-0.15, -0.1) is 0 Å². The molecular weight excluding hydrogens is 216 g/mol. The van der Waals surface area contributed by atoms with Crippen molar-refractivity contribution in [2.45, 2.75) is 25.3 Å². The molecule has 0 bridgehead atoms. The zero-order valence-electron chi connectivity index (χ0n) is 9.53. The molecule has 6 heteroatoms. The summed E-state index contributed by atoms with van der Waals surface area (Å²) >= 11 is 0. The lowest BCUT2D eigenvalue weighted by molar-refractivity contribution is -0.133. The maximum atomic E-state index is 12.1. The van der Waals surface area contributed by atoms with E-state index in [1.807, 2.05) is 4.90 Å². The van der Waals surface area contributed by atoms with E-state index in [9.17, 15) is 13.6 Å². The van der Waals surface area contributed by atoms with E-state index in [2.05, 4.69) is 0 Å². The van der Waals surface area contributed by atoms with Crippen molar-refractivity contribution in [2.24, 2.45) is 5.73 Å². The van der Waals surface area contributed by atoms with Crippen molar-refractivity contribution >= 4 is 5.91 Å². The van der Waals surface area contributed by atoms with Gasteiger partial charge in [-0.2, -0.15) is 0 Å². The Labute approximate surface area is 94.4 Å². The predicted octanol–water partition coefficient (Wildman–Crippen LogP) is 0.133. The number of piperidine rings is 1. The number of amides is 1. The first-order valence-corrected chi connectivity index (χ1v) is 5.49. The van der Waals surface area contributed by atoms with E-state index >= 15 is 0 Å². The van der Waals surface area contributed by atoms with Gasteiger partial charge in [-0.25, -0.2) is 8.78 Å². The molecule has 1 aliphatic heterocycles. The maximum Gasteiger partial charge on any atom is 0.255 e. The molecule has 0 saturated carbocycles.